The molecule has 6 heteroatoms. The lowest BCUT2D eigenvalue weighted by molar-refractivity contribution is 0.537. The van der Waals surface area contributed by atoms with E-state index >= 15 is 0 Å². The fourth-order valence-electron chi connectivity index (χ4n) is 2.04. The SMILES string of the molecule is NC(Cc1c(F)ccc(Br)c1F)c1cc2sccc2s1. The summed E-state index contributed by atoms with van der Waals surface area (Å²) in [7, 11) is 0. The van der Waals surface area contributed by atoms with Gasteiger partial charge in [-0.3, -0.25) is 0 Å². The summed E-state index contributed by atoms with van der Waals surface area (Å²) in [5.74, 6) is -1.13. The number of benzene rings is 1. The maximum Gasteiger partial charge on any atom is 0.143 e. The average molecular weight is 374 g/mol. The second-order valence-corrected chi connectivity index (χ2v) is 7.35. The molecule has 1 nitrogen and oxygen atoms in total. The van der Waals surface area contributed by atoms with Crippen LogP contribution in [0.5, 0.6) is 0 Å². The predicted molar refractivity (Wildman–Crippen MR) is 84.4 cm³/mol. The van der Waals surface area contributed by atoms with Crippen molar-refractivity contribution in [2.45, 2.75) is 12.5 Å². The molecule has 0 amide bonds. The minimum Gasteiger partial charge on any atom is -0.323 e. The van der Waals surface area contributed by atoms with E-state index in [0.717, 1.165) is 14.3 Å². The normalized spacial score (nSPS) is 13.0. The molecule has 0 bridgehead atoms. The zero-order valence-electron chi connectivity index (χ0n) is 10.2. The summed E-state index contributed by atoms with van der Waals surface area (Å²) in [5, 5.41) is 2.02. The van der Waals surface area contributed by atoms with E-state index in [2.05, 4.69) is 15.9 Å². The van der Waals surface area contributed by atoms with Gasteiger partial charge in [-0.25, -0.2) is 8.78 Å². The Bertz CT molecular complexity index is 737. The molecule has 3 aromatic rings. The van der Waals surface area contributed by atoms with Crippen LogP contribution in [0.2, 0.25) is 0 Å². The van der Waals surface area contributed by atoms with Gasteiger partial charge in [-0.1, -0.05) is 0 Å². The fraction of sp³-hybridized carbons (Fsp3) is 0.143. The molecule has 1 aromatic carbocycles. The van der Waals surface area contributed by atoms with Crippen molar-refractivity contribution >= 4 is 48.0 Å². The van der Waals surface area contributed by atoms with Crippen LogP contribution < -0.4 is 5.73 Å². The number of hydrogen-bond acceptors (Lipinski definition) is 3. The highest BCUT2D eigenvalue weighted by atomic mass is 79.9. The molecule has 0 aliphatic rings. The molecule has 1 unspecified atom stereocenters. The van der Waals surface area contributed by atoms with Gasteiger partial charge >= 0.3 is 0 Å². The standard InChI is InChI=1S/C14H10BrF2NS2/c15-8-1-2-9(16)7(14(8)17)5-10(18)12-6-13-11(20-12)3-4-19-13/h1-4,6,10H,5,18H2. The summed E-state index contributed by atoms with van der Waals surface area (Å²) in [6.07, 6.45) is 0.144. The van der Waals surface area contributed by atoms with Gasteiger partial charge in [0.2, 0.25) is 0 Å². The summed E-state index contributed by atoms with van der Waals surface area (Å²) >= 11 is 6.29. The second kappa shape index (κ2) is 5.52. The highest BCUT2D eigenvalue weighted by Crippen LogP contribution is 2.34. The van der Waals surface area contributed by atoms with Gasteiger partial charge in [0.15, 0.2) is 0 Å². The summed E-state index contributed by atoms with van der Waals surface area (Å²) in [6, 6.07) is 6.24. The molecule has 0 aliphatic heterocycles. The summed E-state index contributed by atoms with van der Waals surface area (Å²) in [6.45, 7) is 0. The van der Waals surface area contributed by atoms with Crippen LogP contribution in [0, 0.1) is 11.6 Å². The second-order valence-electron chi connectivity index (χ2n) is 4.43. The van der Waals surface area contributed by atoms with E-state index in [1.54, 1.807) is 22.7 Å². The summed E-state index contributed by atoms with van der Waals surface area (Å²) < 4.78 is 30.3. The van der Waals surface area contributed by atoms with Gasteiger partial charge < -0.3 is 5.73 Å². The molecule has 2 N–H and O–H groups in total. The topological polar surface area (TPSA) is 26.0 Å². The first-order chi connectivity index (χ1) is 9.56. The number of nitrogens with two attached hydrogens (primary N) is 1. The number of fused-ring (bicyclic) bond motifs is 1. The van der Waals surface area contributed by atoms with Crippen LogP contribution in [-0.4, -0.2) is 0 Å². The van der Waals surface area contributed by atoms with Crippen LogP contribution in [0.1, 0.15) is 16.5 Å². The van der Waals surface area contributed by atoms with Crippen LogP contribution in [0.3, 0.4) is 0 Å². The Morgan fingerprint density at radius 3 is 2.75 bits per heavy atom. The molecule has 0 saturated carbocycles. The molecule has 3 rings (SSSR count). The number of rotatable bonds is 3. The Kier molecular flexibility index (Phi) is 3.90. The average Bonchev–Trinajstić information content (AvgIpc) is 3.00. The Morgan fingerprint density at radius 2 is 2.00 bits per heavy atom. The van der Waals surface area contributed by atoms with Crippen LogP contribution in [-0.2, 0) is 6.42 Å². The van der Waals surface area contributed by atoms with Crippen LogP contribution in [0.4, 0.5) is 8.78 Å². The third kappa shape index (κ3) is 2.53. The Labute approximate surface area is 131 Å². The van der Waals surface area contributed by atoms with Crippen molar-refractivity contribution in [3.8, 4) is 0 Å². The zero-order valence-corrected chi connectivity index (χ0v) is 13.4. The van der Waals surface area contributed by atoms with Crippen LogP contribution in [0.25, 0.3) is 9.40 Å². The van der Waals surface area contributed by atoms with E-state index in [1.165, 1.54) is 12.1 Å². The van der Waals surface area contributed by atoms with Gasteiger partial charge in [0.25, 0.3) is 0 Å². The van der Waals surface area contributed by atoms with Gasteiger partial charge in [0, 0.05) is 25.9 Å². The molecular formula is C14H10BrF2NS2. The molecule has 1 atom stereocenters. The van der Waals surface area contributed by atoms with Crippen molar-refractivity contribution in [2.75, 3.05) is 0 Å². The van der Waals surface area contributed by atoms with Crippen LogP contribution >= 0.6 is 38.6 Å². The maximum absolute atomic E-state index is 13.9. The molecular weight excluding hydrogens is 364 g/mol. The molecule has 2 heterocycles. The molecule has 0 spiro atoms. The molecule has 0 fully saturated rings. The zero-order chi connectivity index (χ0) is 14.3. The van der Waals surface area contributed by atoms with E-state index in [-0.39, 0.29) is 16.5 Å². The minimum absolute atomic E-state index is 0.0311. The van der Waals surface area contributed by atoms with Gasteiger partial charge in [-0.15, -0.1) is 22.7 Å². The van der Waals surface area contributed by atoms with Gasteiger partial charge in [-0.2, -0.15) is 0 Å². The summed E-state index contributed by atoms with van der Waals surface area (Å²) in [4.78, 5) is 0.950. The largest absolute Gasteiger partial charge is 0.323 e. The van der Waals surface area contributed by atoms with Crippen molar-refractivity contribution in [1.82, 2.24) is 0 Å². The maximum atomic E-state index is 13.9. The third-order valence-corrected chi connectivity index (χ3v) is 5.92. The Balaban J connectivity index is 1.91. The monoisotopic (exact) mass is 373 g/mol. The molecule has 0 aliphatic carbocycles. The number of thiophene rings is 2. The van der Waals surface area contributed by atoms with Crippen molar-refractivity contribution in [3.05, 3.63) is 56.2 Å². The highest BCUT2D eigenvalue weighted by Gasteiger charge is 2.18. The summed E-state index contributed by atoms with van der Waals surface area (Å²) in [5.41, 5.74) is 6.14. The molecule has 104 valence electrons. The Morgan fingerprint density at radius 1 is 1.20 bits per heavy atom. The van der Waals surface area contributed by atoms with Crippen LogP contribution in [0.15, 0.2) is 34.1 Å². The number of halogens is 3. The van der Waals surface area contributed by atoms with E-state index < -0.39 is 17.7 Å². The first-order valence-corrected chi connectivity index (χ1v) is 8.40. The number of hydrogen-bond donors (Lipinski definition) is 1. The Hall–Kier alpha value is -0.820. The van der Waals surface area contributed by atoms with Gasteiger partial charge in [-0.05, 0) is 52.0 Å². The minimum atomic E-state index is -0.571. The van der Waals surface area contributed by atoms with Gasteiger partial charge in [0.1, 0.15) is 11.6 Å². The first kappa shape index (κ1) is 14.1. The lowest BCUT2D eigenvalue weighted by atomic mass is 10.0. The van der Waals surface area contributed by atoms with Crippen molar-refractivity contribution in [1.29, 1.82) is 0 Å². The molecule has 2 aromatic heterocycles. The van der Waals surface area contributed by atoms with Crippen molar-refractivity contribution < 1.29 is 8.78 Å². The lowest BCUT2D eigenvalue weighted by Crippen LogP contribution is -2.14. The van der Waals surface area contributed by atoms with E-state index in [9.17, 15) is 8.78 Å². The van der Waals surface area contributed by atoms with E-state index in [0.29, 0.717) is 0 Å². The first-order valence-electron chi connectivity index (χ1n) is 5.91. The van der Waals surface area contributed by atoms with Crippen molar-refractivity contribution in [3.63, 3.8) is 0 Å². The van der Waals surface area contributed by atoms with E-state index in [1.807, 2.05) is 17.5 Å². The van der Waals surface area contributed by atoms with Gasteiger partial charge in [0.05, 0.1) is 4.47 Å². The lowest BCUT2D eigenvalue weighted by Gasteiger charge is -2.12. The molecule has 0 radical (unpaired) electrons. The van der Waals surface area contributed by atoms with E-state index in [4.69, 9.17) is 5.73 Å². The molecule has 0 saturated heterocycles. The molecule has 20 heavy (non-hydrogen) atoms. The third-order valence-electron chi connectivity index (χ3n) is 3.09. The highest BCUT2D eigenvalue weighted by molar-refractivity contribution is 9.10. The fourth-order valence-corrected chi connectivity index (χ4v) is 4.54. The quantitative estimate of drug-likeness (QED) is 0.623. The van der Waals surface area contributed by atoms with Crippen molar-refractivity contribution in [2.24, 2.45) is 5.73 Å². The smallest absolute Gasteiger partial charge is 0.143 e. The predicted octanol–water partition coefficient (Wildman–Crippen LogP) is 5.25.